The van der Waals surface area contributed by atoms with Gasteiger partial charge in [0.25, 0.3) is 11.1 Å². The fourth-order valence-electron chi connectivity index (χ4n) is 2.75. The number of ether oxygens (including phenoxy) is 2. The Bertz CT molecular complexity index is 955. The van der Waals surface area contributed by atoms with Crippen LogP contribution >= 0.6 is 11.8 Å². The molecule has 2 amide bonds. The van der Waals surface area contributed by atoms with Crippen molar-refractivity contribution in [3.8, 4) is 11.5 Å². The number of benzene rings is 2. The molecule has 1 aliphatic heterocycles. The summed E-state index contributed by atoms with van der Waals surface area (Å²) in [5.41, 5.74) is 3.87. The zero-order valence-corrected chi connectivity index (χ0v) is 17.1. The predicted octanol–water partition coefficient (Wildman–Crippen LogP) is 4.43. The second-order valence-electron chi connectivity index (χ2n) is 6.35. The van der Waals surface area contributed by atoms with Crippen molar-refractivity contribution in [1.29, 1.82) is 0 Å². The van der Waals surface area contributed by atoms with Crippen molar-refractivity contribution in [2.24, 2.45) is 0 Å². The third-order valence-corrected chi connectivity index (χ3v) is 5.45. The Kier molecular flexibility index (Phi) is 5.94. The zero-order chi connectivity index (χ0) is 20.3. The molecule has 1 aliphatic rings. The number of carbonyl (C=O) groups excluding carboxylic acids is 2. The number of hydrogen-bond donors (Lipinski definition) is 1. The van der Waals surface area contributed by atoms with Crippen LogP contribution in [0, 0.1) is 13.8 Å². The fourth-order valence-corrected chi connectivity index (χ4v) is 3.58. The molecule has 0 bridgehead atoms. The number of imide groups is 1. The summed E-state index contributed by atoms with van der Waals surface area (Å²) in [5, 5.41) is 2.83. The number of rotatable bonds is 6. The van der Waals surface area contributed by atoms with E-state index in [1.807, 2.05) is 32.0 Å². The number of thioether (sulfide) groups is 1. The highest BCUT2D eigenvalue weighted by Crippen LogP contribution is 2.35. The Morgan fingerprint density at radius 2 is 1.82 bits per heavy atom. The van der Waals surface area contributed by atoms with E-state index in [4.69, 9.17) is 9.47 Å². The predicted molar refractivity (Wildman–Crippen MR) is 112 cm³/mol. The molecule has 2 aromatic rings. The summed E-state index contributed by atoms with van der Waals surface area (Å²) >= 11 is 0.912. The standard InChI is InChI=1S/C21H22N2O4S/c1-13-5-6-16(9-14(13)2)22-12-23-20(24)19(28-21(23)25)11-15-10-17(26-3)7-8-18(15)27-4/h5-11,22H,12H2,1-4H3. The van der Waals surface area contributed by atoms with Crippen LogP contribution in [-0.4, -0.2) is 36.9 Å². The Balaban J connectivity index is 1.78. The number of amides is 2. The van der Waals surface area contributed by atoms with Crippen LogP contribution in [0.3, 0.4) is 0 Å². The van der Waals surface area contributed by atoms with Crippen LogP contribution in [-0.2, 0) is 4.79 Å². The molecule has 7 heteroatoms. The quantitative estimate of drug-likeness (QED) is 0.726. The van der Waals surface area contributed by atoms with E-state index in [0.29, 0.717) is 22.0 Å². The van der Waals surface area contributed by atoms with Crippen molar-refractivity contribution in [2.75, 3.05) is 26.2 Å². The first-order chi connectivity index (χ1) is 13.4. The molecule has 28 heavy (non-hydrogen) atoms. The average molecular weight is 398 g/mol. The molecular formula is C21H22N2O4S. The number of methoxy groups -OCH3 is 2. The first-order valence-electron chi connectivity index (χ1n) is 8.71. The minimum absolute atomic E-state index is 0.111. The van der Waals surface area contributed by atoms with Gasteiger partial charge < -0.3 is 14.8 Å². The van der Waals surface area contributed by atoms with Gasteiger partial charge in [0.1, 0.15) is 11.5 Å². The molecular weight excluding hydrogens is 376 g/mol. The van der Waals surface area contributed by atoms with Crippen molar-refractivity contribution in [1.82, 2.24) is 4.90 Å². The first-order valence-corrected chi connectivity index (χ1v) is 9.53. The van der Waals surface area contributed by atoms with Gasteiger partial charge in [-0.05, 0) is 73.1 Å². The molecule has 6 nitrogen and oxygen atoms in total. The highest BCUT2D eigenvalue weighted by atomic mass is 32.2. The van der Waals surface area contributed by atoms with Crippen LogP contribution in [0.1, 0.15) is 16.7 Å². The molecule has 1 fully saturated rings. The van der Waals surface area contributed by atoms with E-state index in [0.717, 1.165) is 23.0 Å². The molecule has 0 aliphatic carbocycles. The normalized spacial score (nSPS) is 15.3. The Labute approximate surface area is 168 Å². The lowest BCUT2D eigenvalue weighted by atomic mass is 10.1. The molecule has 1 heterocycles. The van der Waals surface area contributed by atoms with Gasteiger partial charge in [0.05, 0.1) is 25.8 Å². The monoisotopic (exact) mass is 398 g/mol. The lowest BCUT2D eigenvalue weighted by molar-refractivity contribution is -0.122. The average Bonchev–Trinajstić information content (AvgIpc) is 2.95. The van der Waals surface area contributed by atoms with Crippen LogP contribution in [0.25, 0.3) is 6.08 Å². The first kappa shape index (κ1) is 19.8. The lowest BCUT2D eigenvalue weighted by Crippen LogP contribution is -2.33. The van der Waals surface area contributed by atoms with Gasteiger partial charge in [-0.1, -0.05) is 6.07 Å². The summed E-state index contributed by atoms with van der Waals surface area (Å²) in [7, 11) is 3.12. The molecule has 0 radical (unpaired) electrons. The topological polar surface area (TPSA) is 67.9 Å². The van der Waals surface area contributed by atoms with Gasteiger partial charge in [-0.2, -0.15) is 0 Å². The van der Waals surface area contributed by atoms with Gasteiger partial charge in [0.2, 0.25) is 0 Å². The van der Waals surface area contributed by atoms with E-state index in [9.17, 15) is 9.59 Å². The Hall–Kier alpha value is -2.93. The SMILES string of the molecule is COc1ccc(OC)c(C=C2SC(=O)N(CNc3ccc(C)c(C)c3)C2=O)c1. The maximum atomic E-state index is 12.7. The smallest absolute Gasteiger partial charge is 0.295 e. The van der Waals surface area contributed by atoms with Crippen LogP contribution < -0.4 is 14.8 Å². The van der Waals surface area contributed by atoms with Crippen molar-refractivity contribution in [3.63, 3.8) is 0 Å². The van der Waals surface area contributed by atoms with E-state index in [2.05, 4.69) is 5.32 Å². The molecule has 1 N–H and O–H groups in total. The van der Waals surface area contributed by atoms with Gasteiger partial charge in [-0.25, -0.2) is 0 Å². The van der Waals surface area contributed by atoms with E-state index >= 15 is 0 Å². The van der Waals surface area contributed by atoms with Crippen LogP contribution in [0.4, 0.5) is 10.5 Å². The summed E-state index contributed by atoms with van der Waals surface area (Å²) < 4.78 is 10.6. The van der Waals surface area contributed by atoms with Crippen LogP contribution in [0.5, 0.6) is 11.5 Å². The molecule has 0 saturated carbocycles. The fraction of sp³-hybridized carbons (Fsp3) is 0.238. The molecule has 0 atom stereocenters. The number of carbonyl (C=O) groups is 2. The number of aryl methyl sites for hydroxylation is 2. The third-order valence-electron chi connectivity index (χ3n) is 4.55. The van der Waals surface area contributed by atoms with Crippen molar-refractivity contribution in [2.45, 2.75) is 13.8 Å². The van der Waals surface area contributed by atoms with Gasteiger partial charge in [0, 0.05) is 11.3 Å². The van der Waals surface area contributed by atoms with Crippen LogP contribution in [0.15, 0.2) is 41.3 Å². The molecule has 3 rings (SSSR count). The minimum atomic E-state index is -0.337. The molecule has 1 saturated heterocycles. The van der Waals surface area contributed by atoms with Crippen molar-refractivity contribution >= 4 is 34.7 Å². The number of nitrogens with one attached hydrogen (secondary N) is 1. The van der Waals surface area contributed by atoms with Crippen molar-refractivity contribution < 1.29 is 19.1 Å². The molecule has 0 unspecified atom stereocenters. The summed E-state index contributed by atoms with van der Waals surface area (Å²) in [5.74, 6) is 0.903. The highest BCUT2D eigenvalue weighted by molar-refractivity contribution is 8.18. The van der Waals surface area contributed by atoms with E-state index in [1.165, 1.54) is 10.5 Å². The van der Waals surface area contributed by atoms with E-state index in [1.54, 1.807) is 38.5 Å². The zero-order valence-electron chi connectivity index (χ0n) is 16.2. The molecule has 0 spiro atoms. The molecule has 2 aromatic carbocycles. The van der Waals surface area contributed by atoms with Crippen molar-refractivity contribution in [3.05, 3.63) is 58.0 Å². The van der Waals surface area contributed by atoms with Crippen LogP contribution in [0.2, 0.25) is 0 Å². The van der Waals surface area contributed by atoms with E-state index in [-0.39, 0.29) is 17.8 Å². The second kappa shape index (κ2) is 8.39. The molecule has 0 aromatic heterocycles. The third kappa shape index (κ3) is 4.14. The van der Waals surface area contributed by atoms with Gasteiger partial charge in [0.15, 0.2) is 0 Å². The largest absolute Gasteiger partial charge is 0.497 e. The van der Waals surface area contributed by atoms with Gasteiger partial charge in [-0.3, -0.25) is 14.5 Å². The van der Waals surface area contributed by atoms with Gasteiger partial charge >= 0.3 is 0 Å². The number of nitrogens with zero attached hydrogens (tertiary/aromatic N) is 1. The lowest BCUT2D eigenvalue weighted by Gasteiger charge is -2.15. The molecule has 146 valence electrons. The second-order valence-corrected chi connectivity index (χ2v) is 7.34. The van der Waals surface area contributed by atoms with Gasteiger partial charge in [-0.15, -0.1) is 0 Å². The summed E-state index contributed by atoms with van der Waals surface area (Å²) in [6, 6.07) is 11.2. The maximum absolute atomic E-state index is 12.7. The summed E-state index contributed by atoms with van der Waals surface area (Å²) in [6.45, 7) is 4.16. The maximum Gasteiger partial charge on any atom is 0.295 e. The summed E-state index contributed by atoms with van der Waals surface area (Å²) in [6.07, 6.45) is 1.66. The highest BCUT2D eigenvalue weighted by Gasteiger charge is 2.35. The van der Waals surface area contributed by atoms with E-state index < -0.39 is 0 Å². The Morgan fingerprint density at radius 3 is 2.50 bits per heavy atom. The minimum Gasteiger partial charge on any atom is -0.497 e. The summed E-state index contributed by atoms with van der Waals surface area (Å²) in [4.78, 5) is 26.6. The Morgan fingerprint density at radius 1 is 1.04 bits per heavy atom. The number of anilines is 1. The number of hydrogen-bond acceptors (Lipinski definition) is 6.